The van der Waals surface area contributed by atoms with Crippen molar-refractivity contribution in [1.29, 1.82) is 0 Å². The van der Waals surface area contributed by atoms with Gasteiger partial charge in [0.05, 0.1) is 29.8 Å². The summed E-state index contributed by atoms with van der Waals surface area (Å²) >= 11 is 1.31. The molecule has 7 nitrogen and oxygen atoms in total. The minimum Gasteiger partial charge on any atom is -0.495 e. The summed E-state index contributed by atoms with van der Waals surface area (Å²) in [6.07, 6.45) is -0.0116. The van der Waals surface area contributed by atoms with E-state index in [0.717, 1.165) is 0 Å². The van der Waals surface area contributed by atoms with Gasteiger partial charge in [0.1, 0.15) is 16.6 Å². The first-order valence-corrected chi connectivity index (χ1v) is 12.5. The van der Waals surface area contributed by atoms with Gasteiger partial charge in [-0.25, -0.2) is 17.8 Å². The van der Waals surface area contributed by atoms with E-state index in [1.54, 1.807) is 47.8 Å². The quantitative estimate of drug-likeness (QED) is 0.359. The maximum Gasteiger partial charge on any atom is 0.262 e. The fourth-order valence-electron chi connectivity index (χ4n) is 3.19. The number of carbonyl (C=O) groups excluding carboxylic acids is 1. The molecule has 0 saturated carbocycles. The van der Waals surface area contributed by atoms with E-state index in [4.69, 9.17) is 4.74 Å². The Bertz CT molecular complexity index is 1440. The highest BCUT2D eigenvalue weighted by atomic mass is 32.2. The van der Waals surface area contributed by atoms with Crippen LogP contribution in [0.4, 0.5) is 15.8 Å². The second-order valence-electron chi connectivity index (χ2n) is 7.21. The first-order chi connectivity index (χ1) is 16.3. The Kier molecular flexibility index (Phi) is 6.90. The van der Waals surface area contributed by atoms with Crippen LogP contribution in [0.15, 0.2) is 83.1 Å². The Morgan fingerprint density at radius 3 is 2.65 bits per heavy atom. The van der Waals surface area contributed by atoms with Gasteiger partial charge in [0.15, 0.2) is 0 Å². The monoisotopic (exact) mass is 497 g/mol. The number of nitrogens with one attached hydrogen (secondary N) is 2. The average molecular weight is 498 g/mol. The van der Waals surface area contributed by atoms with Crippen LogP contribution >= 0.6 is 11.3 Å². The molecule has 0 radical (unpaired) electrons. The molecule has 10 heteroatoms. The molecular formula is C24H20FN3O4S2. The van der Waals surface area contributed by atoms with Crippen molar-refractivity contribution in [2.24, 2.45) is 0 Å². The fraction of sp³-hybridized carbons (Fsp3) is 0.0833. The van der Waals surface area contributed by atoms with Crippen molar-refractivity contribution in [2.45, 2.75) is 11.3 Å². The fourth-order valence-corrected chi connectivity index (χ4v) is 5.12. The number of rotatable bonds is 8. The molecule has 0 fully saturated rings. The molecule has 1 aromatic heterocycles. The summed E-state index contributed by atoms with van der Waals surface area (Å²) in [6, 6.07) is 18.7. The molecule has 0 unspecified atom stereocenters. The topological polar surface area (TPSA) is 97.4 Å². The smallest absolute Gasteiger partial charge is 0.262 e. The van der Waals surface area contributed by atoms with Gasteiger partial charge in [-0.1, -0.05) is 30.3 Å². The third-order valence-electron chi connectivity index (χ3n) is 4.74. The van der Waals surface area contributed by atoms with Gasteiger partial charge in [-0.3, -0.25) is 9.52 Å². The van der Waals surface area contributed by atoms with Crippen LogP contribution in [-0.2, 0) is 21.2 Å². The van der Waals surface area contributed by atoms with Crippen LogP contribution in [0.1, 0.15) is 5.69 Å². The Hall–Kier alpha value is -3.76. The summed E-state index contributed by atoms with van der Waals surface area (Å²) in [5.74, 6) is -0.332. The van der Waals surface area contributed by atoms with Crippen molar-refractivity contribution < 1.29 is 22.3 Å². The van der Waals surface area contributed by atoms with Crippen LogP contribution in [0.2, 0.25) is 0 Å². The lowest BCUT2D eigenvalue weighted by Gasteiger charge is -2.12. The zero-order valence-electron chi connectivity index (χ0n) is 18.0. The number of halogens is 1. The molecule has 0 aliphatic rings. The largest absolute Gasteiger partial charge is 0.495 e. The van der Waals surface area contributed by atoms with Crippen LogP contribution in [-0.4, -0.2) is 26.4 Å². The molecule has 4 rings (SSSR count). The summed E-state index contributed by atoms with van der Waals surface area (Å²) < 4.78 is 46.8. The van der Waals surface area contributed by atoms with Crippen LogP contribution in [0.3, 0.4) is 0 Å². The Morgan fingerprint density at radius 2 is 1.85 bits per heavy atom. The van der Waals surface area contributed by atoms with Gasteiger partial charge in [0, 0.05) is 16.6 Å². The van der Waals surface area contributed by atoms with E-state index in [2.05, 4.69) is 15.0 Å². The van der Waals surface area contributed by atoms with Crippen LogP contribution in [0.5, 0.6) is 5.75 Å². The highest BCUT2D eigenvalue weighted by molar-refractivity contribution is 7.92. The van der Waals surface area contributed by atoms with Crippen LogP contribution in [0, 0.1) is 5.82 Å². The number of sulfonamides is 1. The number of nitrogens with zero attached hydrogens (tertiary/aromatic N) is 1. The van der Waals surface area contributed by atoms with Gasteiger partial charge >= 0.3 is 0 Å². The number of thiazole rings is 1. The minimum atomic E-state index is -3.92. The van der Waals surface area contributed by atoms with Gasteiger partial charge in [-0.05, 0) is 42.5 Å². The maximum absolute atomic E-state index is 13.4. The minimum absolute atomic E-state index is 0.0116. The lowest BCUT2D eigenvalue weighted by atomic mass is 10.2. The molecule has 3 aromatic carbocycles. The number of para-hydroxylation sites is 2. The molecule has 0 aliphatic carbocycles. The zero-order valence-corrected chi connectivity index (χ0v) is 19.6. The Balaban J connectivity index is 1.44. The molecule has 2 N–H and O–H groups in total. The van der Waals surface area contributed by atoms with Crippen molar-refractivity contribution >= 4 is 38.6 Å². The lowest BCUT2D eigenvalue weighted by Crippen LogP contribution is -2.16. The van der Waals surface area contributed by atoms with Gasteiger partial charge < -0.3 is 10.1 Å². The number of amides is 1. The molecule has 34 heavy (non-hydrogen) atoms. The standard InChI is InChI=1S/C24H20FN3O4S2/c1-32-22-11-3-2-10-21(22)28-34(30,31)20-9-5-8-18(13-20)26-23(29)14-19-15-33-24(27-19)16-6-4-7-17(25)12-16/h2-13,15,28H,14H2,1H3,(H,26,29). The predicted octanol–water partition coefficient (Wildman–Crippen LogP) is 4.94. The SMILES string of the molecule is COc1ccccc1NS(=O)(=O)c1cccc(NC(=O)Cc2csc(-c3cccc(F)c3)n2)c1. The van der Waals surface area contributed by atoms with Crippen molar-refractivity contribution in [3.8, 4) is 16.3 Å². The molecule has 174 valence electrons. The summed E-state index contributed by atoms with van der Waals surface area (Å²) in [7, 11) is -2.47. The molecule has 0 spiro atoms. The van der Waals surface area contributed by atoms with Crippen LogP contribution < -0.4 is 14.8 Å². The highest BCUT2D eigenvalue weighted by Crippen LogP contribution is 2.27. The van der Waals surface area contributed by atoms with E-state index >= 15 is 0 Å². The number of anilines is 2. The Labute approximate surface area is 200 Å². The van der Waals surface area contributed by atoms with Crippen LogP contribution in [0.25, 0.3) is 10.6 Å². The van der Waals surface area contributed by atoms with E-state index in [1.807, 2.05) is 0 Å². The third kappa shape index (κ3) is 5.59. The molecule has 1 heterocycles. The van der Waals surface area contributed by atoms with E-state index in [0.29, 0.717) is 33.4 Å². The molecule has 0 bridgehead atoms. The summed E-state index contributed by atoms with van der Waals surface area (Å²) in [5.41, 5.74) is 1.80. The van der Waals surface area contributed by atoms with Gasteiger partial charge in [-0.2, -0.15) is 0 Å². The van der Waals surface area contributed by atoms with E-state index in [1.165, 1.54) is 48.8 Å². The summed E-state index contributed by atoms with van der Waals surface area (Å²) in [4.78, 5) is 16.9. The molecule has 1 amide bonds. The van der Waals surface area contributed by atoms with E-state index < -0.39 is 10.0 Å². The van der Waals surface area contributed by atoms with Crippen molar-refractivity contribution in [3.05, 3.63) is 89.7 Å². The van der Waals surface area contributed by atoms with E-state index in [9.17, 15) is 17.6 Å². The number of benzene rings is 3. The molecule has 0 atom stereocenters. The van der Waals surface area contributed by atoms with Crippen molar-refractivity contribution in [3.63, 3.8) is 0 Å². The molecule has 4 aromatic rings. The Morgan fingerprint density at radius 1 is 1.06 bits per heavy atom. The number of aromatic nitrogens is 1. The first-order valence-electron chi connectivity index (χ1n) is 10.1. The summed E-state index contributed by atoms with van der Waals surface area (Å²) in [6.45, 7) is 0. The molecule has 0 saturated heterocycles. The number of hydrogen-bond acceptors (Lipinski definition) is 6. The third-order valence-corrected chi connectivity index (χ3v) is 7.05. The average Bonchev–Trinajstić information content (AvgIpc) is 3.28. The van der Waals surface area contributed by atoms with Crippen molar-refractivity contribution in [1.82, 2.24) is 4.98 Å². The van der Waals surface area contributed by atoms with E-state index in [-0.39, 0.29) is 23.0 Å². The first kappa shape index (κ1) is 23.4. The normalized spacial score (nSPS) is 11.1. The molecule has 0 aliphatic heterocycles. The van der Waals surface area contributed by atoms with Gasteiger partial charge in [0.25, 0.3) is 10.0 Å². The van der Waals surface area contributed by atoms with Crippen molar-refractivity contribution in [2.75, 3.05) is 17.1 Å². The maximum atomic E-state index is 13.4. The predicted molar refractivity (Wildman–Crippen MR) is 130 cm³/mol. The number of methoxy groups -OCH3 is 1. The lowest BCUT2D eigenvalue weighted by molar-refractivity contribution is -0.115. The number of ether oxygens (including phenoxy) is 1. The zero-order chi connectivity index (χ0) is 24.1. The number of hydrogen-bond donors (Lipinski definition) is 2. The molecular weight excluding hydrogens is 477 g/mol. The highest BCUT2D eigenvalue weighted by Gasteiger charge is 2.17. The summed E-state index contributed by atoms with van der Waals surface area (Å²) in [5, 5.41) is 5.04. The second-order valence-corrected chi connectivity index (χ2v) is 9.75. The van der Waals surface area contributed by atoms with Gasteiger partial charge in [0.2, 0.25) is 5.91 Å². The number of carbonyl (C=O) groups is 1. The second kappa shape index (κ2) is 10.0. The van der Waals surface area contributed by atoms with Gasteiger partial charge in [-0.15, -0.1) is 11.3 Å².